The highest BCUT2D eigenvalue weighted by molar-refractivity contribution is 5.95. The fraction of sp³-hybridized carbons (Fsp3) is 0.364. The molecule has 1 fully saturated rings. The number of hydrogen-bond acceptors (Lipinski definition) is 4. The predicted molar refractivity (Wildman–Crippen MR) is 109 cm³/mol. The zero-order chi connectivity index (χ0) is 19.9. The topological polar surface area (TPSA) is 79.5 Å². The van der Waals surface area contributed by atoms with Gasteiger partial charge < -0.3 is 10.1 Å². The van der Waals surface area contributed by atoms with Crippen molar-refractivity contribution in [2.75, 3.05) is 11.9 Å². The van der Waals surface area contributed by atoms with Crippen LogP contribution in [0.1, 0.15) is 47.2 Å². The lowest BCUT2D eigenvalue weighted by Gasteiger charge is -2.13. The lowest BCUT2D eigenvalue weighted by atomic mass is 10.1. The van der Waals surface area contributed by atoms with Gasteiger partial charge in [0.1, 0.15) is 5.75 Å². The normalized spacial score (nSPS) is 13.8. The number of nitrogens with one attached hydrogen (secondary N) is 3. The summed E-state index contributed by atoms with van der Waals surface area (Å²) < 4.78 is 5.89. The Kier molecular flexibility index (Phi) is 6.53. The zero-order valence-corrected chi connectivity index (χ0v) is 16.4. The number of anilines is 1. The number of aryl methyl sites for hydroxylation is 2. The Morgan fingerprint density at radius 2 is 1.71 bits per heavy atom. The van der Waals surface area contributed by atoms with Gasteiger partial charge in [0.2, 0.25) is 0 Å². The van der Waals surface area contributed by atoms with Crippen molar-refractivity contribution in [2.24, 2.45) is 0 Å². The number of ether oxygens (including phenoxy) is 1. The summed E-state index contributed by atoms with van der Waals surface area (Å²) in [6.07, 6.45) is 4.88. The second kappa shape index (κ2) is 9.26. The molecule has 6 heteroatoms. The van der Waals surface area contributed by atoms with Gasteiger partial charge in [0.25, 0.3) is 11.8 Å². The number of amides is 2. The van der Waals surface area contributed by atoms with Crippen molar-refractivity contribution in [3.05, 3.63) is 59.2 Å². The molecule has 2 amide bonds. The van der Waals surface area contributed by atoms with Gasteiger partial charge in [0, 0.05) is 11.3 Å². The molecule has 148 valence electrons. The van der Waals surface area contributed by atoms with E-state index in [4.69, 9.17) is 4.74 Å². The molecule has 6 nitrogen and oxygen atoms in total. The second-order valence-corrected chi connectivity index (χ2v) is 7.22. The number of rotatable bonds is 6. The predicted octanol–water partition coefficient (Wildman–Crippen LogP) is 3.50. The van der Waals surface area contributed by atoms with E-state index in [1.165, 1.54) is 18.4 Å². The summed E-state index contributed by atoms with van der Waals surface area (Å²) in [6.45, 7) is 4.07. The molecular weight excluding hydrogens is 354 g/mol. The SMILES string of the molecule is Cc1ccc(NCC(=O)NNC(=O)c2ccc(OC3CCCC3)cc2)c(C)c1. The molecule has 1 saturated carbocycles. The first-order chi connectivity index (χ1) is 13.5. The number of benzene rings is 2. The largest absolute Gasteiger partial charge is 0.490 e. The third-order valence-electron chi connectivity index (χ3n) is 4.86. The Morgan fingerprint density at radius 1 is 1.00 bits per heavy atom. The van der Waals surface area contributed by atoms with Crippen molar-refractivity contribution in [3.8, 4) is 5.75 Å². The summed E-state index contributed by atoms with van der Waals surface area (Å²) in [5.74, 6) is 0.0759. The maximum absolute atomic E-state index is 12.2. The summed E-state index contributed by atoms with van der Waals surface area (Å²) in [5.41, 5.74) is 8.44. The van der Waals surface area contributed by atoms with Crippen molar-refractivity contribution >= 4 is 17.5 Å². The quantitative estimate of drug-likeness (QED) is 0.669. The van der Waals surface area contributed by atoms with Crippen molar-refractivity contribution < 1.29 is 14.3 Å². The number of hydrazine groups is 1. The molecule has 0 unspecified atom stereocenters. The lowest BCUT2D eigenvalue weighted by Crippen LogP contribution is -2.44. The van der Waals surface area contributed by atoms with Gasteiger partial charge in [-0.3, -0.25) is 20.4 Å². The zero-order valence-electron chi connectivity index (χ0n) is 16.4. The first-order valence-corrected chi connectivity index (χ1v) is 9.68. The molecule has 2 aromatic carbocycles. The van der Waals surface area contributed by atoms with Crippen molar-refractivity contribution in [1.82, 2.24) is 10.9 Å². The van der Waals surface area contributed by atoms with Crippen LogP contribution in [0, 0.1) is 13.8 Å². The third kappa shape index (κ3) is 5.49. The Balaban J connectivity index is 1.43. The highest BCUT2D eigenvalue weighted by Crippen LogP contribution is 2.24. The Morgan fingerprint density at radius 3 is 2.39 bits per heavy atom. The standard InChI is InChI=1S/C22H27N3O3/c1-15-7-12-20(16(2)13-15)23-14-21(26)24-25-22(27)17-8-10-19(11-9-17)28-18-5-3-4-6-18/h7-13,18,23H,3-6,14H2,1-2H3,(H,24,26)(H,25,27). The van der Waals surface area contributed by atoms with Gasteiger partial charge in [-0.2, -0.15) is 0 Å². The van der Waals surface area contributed by atoms with Crippen molar-refractivity contribution in [1.29, 1.82) is 0 Å². The molecule has 1 aliphatic carbocycles. The molecular formula is C22H27N3O3. The maximum Gasteiger partial charge on any atom is 0.269 e. The van der Waals surface area contributed by atoms with Crippen LogP contribution in [0.15, 0.2) is 42.5 Å². The molecule has 0 aromatic heterocycles. The van der Waals surface area contributed by atoms with E-state index in [2.05, 4.69) is 16.2 Å². The molecule has 0 spiro atoms. The number of carbonyl (C=O) groups excluding carboxylic acids is 2. The van der Waals surface area contributed by atoms with Crippen molar-refractivity contribution in [2.45, 2.75) is 45.6 Å². The first-order valence-electron chi connectivity index (χ1n) is 9.68. The molecule has 0 radical (unpaired) electrons. The van der Waals surface area contributed by atoms with Crippen LogP contribution in [0.5, 0.6) is 5.75 Å². The van der Waals surface area contributed by atoms with Crippen LogP contribution in [-0.2, 0) is 4.79 Å². The monoisotopic (exact) mass is 381 g/mol. The van der Waals surface area contributed by atoms with Gasteiger partial charge >= 0.3 is 0 Å². The Hall–Kier alpha value is -3.02. The molecule has 3 N–H and O–H groups in total. The molecule has 2 aromatic rings. The van der Waals surface area contributed by atoms with Crippen LogP contribution >= 0.6 is 0 Å². The molecule has 0 atom stereocenters. The van der Waals surface area contributed by atoms with Gasteiger partial charge in [-0.25, -0.2) is 0 Å². The van der Waals surface area contributed by atoms with Gasteiger partial charge in [-0.05, 0) is 75.4 Å². The molecule has 0 heterocycles. The summed E-state index contributed by atoms with van der Waals surface area (Å²) in [7, 11) is 0. The number of carbonyl (C=O) groups is 2. The fourth-order valence-electron chi connectivity index (χ4n) is 3.31. The van der Waals surface area contributed by atoms with Gasteiger partial charge in [-0.1, -0.05) is 17.7 Å². The van der Waals surface area contributed by atoms with Crippen LogP contribution in [0.3, 0.4) is 0 Å². The first kappa shape index (κ1) is 19.7. The number of hydrogen-bond donors (Lipinski definition) is 3. The van der Waals surface area contributed by atoms with E-state index in [9.17, 15) is 9.59 Å². The molecule has 0 saturated heterocycles. The Labute approximate surface area is 165 Å². The van der Waals surface area contributed by atoms with Crippen LogP contribution < -0.4 is 20.9 Å². The minimum atomic E-state index is -0.368. The van der Waals surface area contributed by atoms with Crippen LogP contribution in [-0.4, -0.2) is 24.5 Å². The molecule has 1 aliphatic rings. The fourth-order valence-corrected chi connectivity index (χ4v) is 3.31. The minimum absolute atomic E-state index is 0.0678. The summed E-state index contributed by atoms with van der Waals surface area (Å²) >= 11 is 0. The van der Waals surface area contributed by atoms with E-state index in [-0.39, 0.29) is 24.5 Å². The molecule has 3 rings (SSSR count). The lowest BCUT2D eigenvalue weighted by molar-refractivity contribution is -0.120. The highest BCUT2D eigenvalue weighted by Gasteiger charge is 2.16. The van der Waals surface area contributed by atoms with E-state index < -0.39 is 0 Å². The summed E-state index contributed by atoms with van der Waals surface area (Å²) in [5, 5.41) is 3.07. The van der Waals surface area contributed by atoms with E-state index in [0.717, 1.165) is 29.8 Å². The van der Waals surface area contributed by atoms with E-state index in [0.29, 0.717) is 5.56 Å². The average Bonchev–Trinajstić information content (AvgIpc) is 3.19. The van der Waals surface area contributed by atoms with E-state index in [1.54, 1.807) is 24.3 Å². The van der Waals surface area contributed by atoms with E-state index >= 15 is 0 Å². The summed E-state index contributed by atoms with van der Waals surface area (Å²) in [6, 6.07) is 12.9. The van der Waals surface area contributed by atoms with Crippen LogP contribution in [0.25, 0.3) is 0 Å². The summed E-state index contributed by atoms with van der Waals surface area (Å²) in [4.78, 5) is 24.2. The second-order valence-electron chi connectivity index (χ2n) is 7.22. The smallest absolute Gasteiger partial charge is 0.269 e. The van der Waals surface area contributed by atoms with Gasteiger partial charge in [0.05, 0.1) is 12.6 Å². The van der Waals surface area contributed by atoms with Gasteiger partial charge in [0.15, 0.2) is 0 Å². The maximum atomic E-state index is 12.2. The minimum Gasteiger partial charge on any atom is -0.490 e. The molecule has 0 bridgehead atoms. The molecule has 28 heavy (non-hydrogen) atoms. The van der Waals surface area contributed by atoms with Crippen LogP contribution in [0.4, 0.5) is 5.69 Å². The highest BCUT2D eigenvalue weighted by atomic mass is 16.5. The van der Waals surface area contributed by atoms with Crippen LogP contribution in [0.2, 0.25) is 0 Å². The Bertz CT molecular complexity index is 827. The third-order valence-corrected chi connectivity index (χ3v) is 4.86. The van der Waals surface area contributed by atoms with E-state index in [1.807, 2.05) is 32.0 Å². The van der Waals surface area contributed by atoms with Crippen molar-refractivity contribution in [3.63, 3.8) is 0 Å². The molecule has 0 aliphatic heterocycles. The van der Waals surface area contributed by atoms with Gasteiger partial charge in [-0.15, -0.1) is 0 Å². The average molecular weight is 381 g/mol.